The van der Waals surface area contributed by atoms with Crippen LogP contribution in [0.3, 0.4) is 0 Å². The number of ether oxygens (including phenoxy) is 1. The van der Waals surface area contributed by atoms with E-state index in [1.54, 1.807) is 34.9 Å². The highest BCUT2D eigenvalue weighted by Gasteiger charge is 2.23. The lowest BCUT2D eigenvalue weighted by atomic mass is 10.1. The molecule has 0 unspecified atom stereocenters. The van der Waals surface area contributed by atoms with Gasteiger partial charge in [-0.25, -0.2) is 9.78 Å². The summed E-state index contributed by atoms with van der Waals surface area (Å²) in [5.41, 5.74) is 1.89. The van der Waals surface area contributed by atoms with E-state index in [1.165, 1.54) is 6.39 Å². The van der Waals surface area contributed by atoms with Gasteiger partial charge in [0.05, 0.1) is 6.61 Å². The molecular formula is C16H19N3O4. The summed E-state index contributed by atoms with van der Waals surface area (Å²) in [4.78, 5) is 31.9. The molecule has 1 fully saturated rings. The maximum absolute atomic E-state index is 12.6. The zero-order valence-electron chi connectivity index (χ0n) is 13.0. The molecule has 0 saturated carbocycles. The number of hydrogen-bond acceptors (Lipinski definition) is 5. The molecular weight excluding hydrogens is 298 g/mol. The lowest BCUT2D eigenvalue weighted by Gasteiger charge is -2.21. The number of fused-ring (bicyclic) bond motifs is 1. The van der Waals surface area contributed by atoms with Crippen LogP contribution in [0.4, 0.5) is 4.79 Å². The summed E-state index contributed by atoms with van der Waals surface area (Å²) in [7, 11) is 0. The van der Waals surface area contributed by atoms with Crippen LogP contribution in [0.15, 0.2) is 29.0 Å². The summed E-state index contributed by atoms with van der Waals surface area (Å²) in [5.74, 6) is -0.0611. The van der Waals surface area contributed by atoms with Gasteiger partial charge in [-0.1, -0.05) is 0 Å². The molecule has 0 N–H and O–H groups in total. The molecule has 0 spiro atoms. The minimum Gasteiger partial charge on any atom is -0.450 e. The molecule has 0 radical (unpaired) electrons. The first-order valence-electron chi connectivity index (χ1n) is 7.73. The Morgan fingerprint density at radius 1 is 1.22 bits per heavy atom. The predicted octanol–water partition coefficient (Wildman–Crippen LogP) is 2.13. The van der Waals surface area contributed by atoms with Gasteiger partial charge in [-0.05, 0) is 31.5 Å². The van der Waals surface area contributed by atoms with Gasteiger partial charge in [0.2, 0.25) is 0 Å². The van der Waals surface area contributed by atoms with Gasteiger partial charge in [0.25, 0.3) is 5.91 Å². The monoisotopic (exact) mass is 317 g/mol. The minimum absolute atomic E-state index is 0.0611. The summed E-state index contributed by atoms with van der Waals surface area (Å²) >= 11 is 0. The van der Waals surface area contributed by atoms with Crippen molar-refractivity contribution in [1.82, 2.24) is 14.8 Å². The summed E-state index contributed by atoms with van der Waals surface area (Å²) in [6.45, 7) is 4.33. The first-order valence-corrected chi connectivity index (χ1v) is 7.73. The smallest absolute Gasteiger partial charge is 0.409 e. The maximum Gasteiger partial charge on any atom is 0.409 e. The largest absolute Gasteiger partial charge is 0.450 e. The number of oxazole rings is 1. The Kier molecular flexibility index (Phi) is 4.45. The Hall–Kier alpha value is -2.57. The first-order chi connectivity index (χ1) is 11.2. The van der Waals surface area contributed by atoms with Crippen molar-refractivity contribution in [1.29, 1.82) is 0 Å². The van der Waals surface area contributed by atoms with Crippen molar-refractivity contribution in [2.24, 2.45) is 0 Å². The molecule has 1 aliphatic heterocycles. The fourth-order valence-electron chi connectivity index (χ4n) is 2.69. The highest BCUT2D eigenvalue weighted by Crippen LogP contribution is 2.17. The molecule has 3 rings (SSSR count). The van der Waals surface area contributed by atoms with Crippen LogP contribution < -0.4 is 0 Å². The predicted molar refractivity (Wildman–Crippen MR) is 83.1 cm³/mol. The molecule has 7 heteroatoms. The fourth-order valence-corrected chi connectivity index (χ4v) is 2.69. The van der Waals surface area contributed by atoms with E-state index in [0.29, 0.717) is 43.9 Å². The van der Waals surface area contributed by atoms with Crippen molar-refractivity contribution in [2.45, 2.75) is 13.3 Å². The summed E-state index contributed by atoms with van der Waals surface area (Å²) in [6.07, 6.45) is 1.78. The van der Waals surface area contributed by atoms with Crippen LogP contribution in [0.5, 0.6) is 0 Å². The summed E-state index contributed by atoms with van der Waals surface area (Å²) in [5, 5.41) is 0. The molecule has 0 aliphatic carbocycles. The van der Waals surface area contributed by atoms with E-state index < -0.39 is 0 Å². The Balaban J connectivity index is 1.69. The van der Waals surface area contributed by atoms with Gasteiger partial charge in [0.15, 0.2) is 12.0 Å². The third-order valence-corrected chi connectivity index (χ3v) is 3.89. The molecule has 23 heavy (non-hydrogen) atoms. The number of nitrogens with zero attached hydrogens (tertiary/aromatic N) is 3. The Bertz CT molecular complexity index is 712. The Morgan fingerprint density at radius 2 is 2.00 bits per heavy atom. The number of carbonyl (C=O) groups is 2. The number of rotatable bonds is 2. The van der Waals surface area contributed by atoms with Gasteiger partial charge in [-0.3, -0.25) is 4.79 Å². The molecule has 2 amide bonds. The Morgan fingerprint density at radius 3 is 2.83 bits per heavy atom. The third-order valence-electron chi connectivity index (χ3n) is 3.89. The molecule has 1 saturated heterocycles. The second-order valence-corrected chi connectivity index (χ2v) is 5.37. The fraction of sp³-hybridized carbons (Fsp3) is 0.438. The summed E-state index contributed by atoms with van der Waals surface area (Å²) < 4.78 is 10.3. The minimum atomic E-state index is -0.315. The van der Waals surface area contributed by atoms with Crippen molar-refractivity contribution in [3.8, 4) is 0 Å². The van der Waals surface area contributed by atoms with E-state index in [0.717, 1.165) is 11.9 Å². The highest BCUT2D eigenvalue weighted by molar-refractivity contribution is 5.97. The zero-order valence-corrected chi connectivity index (χ0v) is 13.0. The quantitative estimate of drug-likeness (QED) is 0.848. The van der Waals surface area contributed by atoms with Gasteiger partial charge in [-0.2, -0.15) is 0 Å². The van der Waals surface area contributed by atoms with Crippen molar-refractivity contribution in [2.75, 3.05) is 32.8 Å². The topological polar surface area (TPSA) is 75.9 Å². The van der Waals surface area contributed by atoms with E-state index in [2.05, 4.69) is 4.98 Å². The van der Waals surface area contributed by atoms with Crippen LogP contribution in [-0.2, 0) is 4.74 Å². The number of aromatic nitrogens is 1. The maximum atomic E-state index is 12.6. The van der Waals surface area contributed by atoms with Crippen molar-refractivity contribution in [3.63, 3.8) is 0 Å². The second-order valence-electron chi connectivity index (χ2n) is 5.37. The molecule has 2 aromatic rings. The van der Waals surface area contributed by atoms with E-state index >= 15 is 0 Å². The number of carbonyl (C=O) groups excluding carboxylic acids is 2. The molecule has 1 aromatic carbocycles. The van der Waals surface area contributed by atoms with Crippen molar-refractivity contribution >= 4 is 23.1 Å². The molecule has 1 aromatic heterocycles. The van der Waals surface area contributed by atoms with E-state index in [9.17, 15) is 9.59 Å². The van der Waals surface area contributed by atoms with Gasteiger partial charge < -0.3 is 19.0 Å². The molecule has 7 nitrogen and oxygen atoms in total. The van der Waals surface area contributed by atoms with Gasteiger partial charge in [0.1, 0.15) is 5.52 Å². The highest BCUT2D eigenvalue weighted by atomic mass is 16.6. The molecule has 0 atom stereocenters. The number of benzene rings is 1. The molecule has 1 aliphatic rings. The zero-order chi connectivity index (χ0) is 16.2. The number of hydrogen-bond donors (Lipinski definition) is 0. The average Bonchev–Trinajstić information content (AvgIpc) is 2.88. The van der Waals surface area contributed by atoms with Gasteiger partial charge in [0, 0.05) is 31.7 Å². The van der Waals surface area contributed by atoms with Crippen LogP contribution in [0.2, 0.25) is 0 Å². The standard InChI is InChI=1S/C16H19N3O4/c1-2-22-16(21)19-7-3-6-18(8-9-19)15(20)12-4-5-13-14(10-12)23-11-17-13/h4-5,10-11H,2-3,6-9H2,1H3. The molecule has 0 bridgehead atoms. The SMILES string of the molecule is CCOC(=O)N1CCCN(C(=O)c2ccc3ncoc3c2)CC1. The van der Waals surface area contributed by atoms with Crippen LogP contribution in [0, 0.1) is 0 Å². The van der Waals surface area contributed by atoms with Crippen LogP contribution in [0.25, 0.3) is 11.1 Å². The van der Waals surface area contributed by atoms with E-state index in [4.69, 9.17) is 9.15 Å². The van der Waals surface area contributed by atoms with Crippen molar-refractivity contribution in [3.05, 3.63) is 30.2 Å². The summed E-state index contributed by atoms with van der Waals surface area (Å²) in [6, 6.07) is 5.23. The van der Waals surface area contributed by atoms with Gasteiger partial charge in [-0.15, -0.1) is 0 Å². The van der Waals surface area contributed by atoms with Crippen LogP contribution >= 0.6 is 0 Å². The third kappa shape index (κ3) is 3.28. The van der Waals surface area contributed by atoms with E-state index in [-0.39, 0.29) is 12.0 Å². The van der Waals surface area contributed by atoms with Crippen LogP contribution in [0.1, 0.15) is 23.7 Å². The lowest BCUT2D eigenvalue weighted by molar-refractivity contribution is 0.0753. The average molecular weight is 317 g/mol. The van der Waals surface area contributed by atoms with Crippen LogP contribution in [-0.4, -0.2) is 59.6 Å². The van der Waals surface area contributed by atoms with E-state index in [1.807, 2.05) is 0 Å². The van der Waals surface area contributed by atoms with Gasteiger partial charge >= 0.3 is 6.09 Å². The first kappa shape index (κ1) is 15.3. The van der Waals surface area contributed by atoms with Crippen molar-refractivity contribution < 1.29 is 18.7 Å². The normalized spacial score (nSPS) is 15.5. The number of amides is 2. The molecule has 122 valence electrons. The molecule has 2 heterocycles. The lowest BCUT2D eigenvalue weighted by Crippen LogP contribution is -2.37. The second kappa shape index (κ2) is 6.68. The Labute approximate surface area is 133 Å².